The second-order valence-electron chi connectivity index (χ2n) is 34.9. The zero-order valence-electron chi connectivity index (χ0n) is 71.9. The minimum Gasteiger partial charge on any atom is -0.481 e. The van der Waals surface area contributed by atoms with Crippen LogP contribution in [0.1, 0.15) is 194 Å². The number of esters is 3. The maximum absolute atomic E-state index is 11.6. The summed E-state index contributed by atoms with van der Waals surface area (Å²) in [5.41, 5.74) is 21.0. The smallest absolute Gasteiger partial charge is 0.481 e. The summed E-state index contributed by atoms with van der Waals surface area (Å²) in [5, 5.41) is 32.5. The van der Waals surface area contributed by atoms with Crippen LogP contribution in [-0.4, -0.2) is 128 Å². The van der Waals surface area contributed by atoms with E-state index in [1.165, 1.54) is 88.5 Å². The summed E-state index contributed by atoms with van der Waals surface area (Å²) in [7, 11) is 3.92. The van der Waals surface area contributed by atoms with Crippen LogP contribution in [0, 0.1) is 43.1 Å². The van der Waals surface area contributed by atoms with Gasteiger partial charge in [0.1, 0.15) is 10.6 Å². The molecule has 0 spiro atoms. The number of hydrogen-bond acceptors (Lipinski definition) is 18. The number of carbonyl (C=O) groups excluding carboxylic acids is 3. The van der Waals surface area contributed by atoms with Crippen LogP contribution >= 0.6 is 88.5 Å². The molecule has 0 aliphatic carbocycles. The fraction of sp³-hybridized carbons (Fsp3) is 0.500. The van der Waals surface area contributed by atoms with Crippen molar-refractivity contribution in [2.45, 2.75) is 219 Å². The highest BCUT2D eigenvalue weighted by Gasteiger charge is 2.52. The molecule has 11 aromatic rings. The van der Waals surface area contributed by atoms with Crippen LogP contribution < -0.4 is 16.3 Å². The van der Waals surface area contributed by atoms with Crippen LogP contribution in [0.3, 0.4) is 0 Å². The average molecular weight is 1900 g/mol. The van der Waals surface area contributed by atoms with Crippen molar-refractivity contribution in [3.8, 4) is 22.5 Å². The highest BCUT2D eigenvalue weighted by molar-refractivity contribution is 14.1. The summed E-state index contributed by atoms with van der Waals surface area (Å²) < 4.78 is 29.5. The second kappa shape index (κ2) is 42.2. The monoisotopic (exact) mass is 1900 g/mol. The van der Waals surface area contributed by atoms with Gasteiger partial charge in [-0.05, 0) is 203 Å². The number of carboxylic acid groups (broad SMARTS) is 1. The van der Waals surface area contributed by atoms with E-state index in [-0.39, 0.29) is 71.5 Å². The Balaban J connectivity index is 0.000000181. The van der Waals surface area contributed by atoms with Crippen molar-refractivity contribution in [2.75, 3.05) is 34.5 Å². The first-order valence-electron chi connectivity index (χ1n) is 40.2. The molecule has 9 heterocycles. The summed E-state index contributed by atoms with van der Waals surface area (Å²) in [5.74, 6) is -2.11. The minimum atomic E-state index is -0.800. The summed E-state index contributed by atoms with van der Waals surface area (Å²) in [6.07, 6.45) is 17.5. The summed E-state index contributed by atoms with van der Waals surface area (Å²) in [4.78, 5) is 71.7. The second-order valence-corrected chi connectivity index (χ2v) is 40.5. The number of H-pyrrole nitrogens is 4. The van der Waals surface area contributed by atoms with Gasteiger partial charge >= 0.3 is 31.0 Å². The summed E-state index contributed by atoms with van der Waals surface area (Å²) in [6.45, 7) is 39.6. The maximum Gasteiger partial charge on any atom is 0.494 e. The number of thiazole rings is 3. The number of ether oxygens (including phenoxy) is 3. The molecule has 4 atom stereocenters. The first kappa shape index (κ1) is 95.8. The van der Waals surface area contributed by atoms with Gasteiger partial charge in [0.25, 0.3) is 0 Å². The lowest BCUT2D eigenvalue weighted by molar-refractivity contribution is -0.145. The Morgan fingerprint density at radius 2 is 1.02 bits per heavy atom. The van der Waals surface area contributed by atoms with Crippen molar-refractivity contribution in [1.82, 2.24) is 45.7 Å². The number of hydrogen-bond donors (Lipinski definition) is 8. The van der Waals surface area contributed by atoms with Crippen molar-refractivity contribution >= 4 is 169 Å². The number of aliphatic carboxylic acids is 1. The molecular weight excluding hydrogens is 1780 g/mol. The Morgan fingerprint density at radius 3 is 1.45 bits per heavy atom. The lowest BCUT2D eigenvalue weighted by atomic mass is 9.77. The molecule has 117 heavy (non-hydrogen) atoms. The zero-order chi connectivity index (χ0) is 86.1. The first-order chi connectivity index (χ1) is 55.1. The van der Waals surface area contributed by atoms with E-state index in [9.17, 15) is 24.3 Å². The van der Waals surface area contributed by atoms with Gasteiger partial charge in [-0.3, -0.25) is 24.6 Å². The van der Waals surface area contributed by atoms with Gasteiger partial charge in [0, 0.05) is 126 Å². The third-order valence-corrected chi connectivity index (χ3v) is 27.2. The Kier molecular flexibility index (Phi) is 34.6. The van der Waals surface area contributed by atoms with Gasteiger partial charge < -0.3 is 53.7 Å². The maximum atomic E-state index is 11.6. The molecule has 0 radical (unpaired) electrons. The van der Waals surface area contributed by atoms with Gasteiger partial charge in [-0.15, -0.1) is 34.0 Å². The van der Waals surface area contributed by atoms with E-state index in [0.29, 0.717) is 30.1 Å². The van der Waals surface area contributed by atoms with Crippen LogP contribution in [0.25, 0.3) is 66.1 Å². The molecule has 20 nitrogen and oxygen atoms in total. The number of carboxylic acids is 1. The SMILES string of the molecule is CCC(C)(C)Cc1c[nH]c2ccc(-c3csc(C[C@H](C)C(=O)OC)n3)cc12.CCC(C)(C)Cc1c[nH]c2ccc(B3OC(C)(C)C(C)(C)O3)cc12.CCC(C)(C)Cc1c[nH]c2ccc(Br)cc12.COC(=O)[C@@H](C)Cc1nc(Br)cs1.COC(=O)[C@@H]1CCCNN1.C[C@@H](Cc1nc(-c2ccc3[nH]c(I)c(CC(C)(C)CO)c3c2)cs1)C(=O)O. The molecule has 13 rings (SSSR count). The third-order valence-electron chi connectivity index (χ3n) is 22.5. The fourth-order valence-electron chi connectivity index (χ4n) is 13.1. The van der Waals surface area contributed by atoms with Crippen molar-refractivity contribution in [3.05, 3.63) is 158 Å². The Labute approximate surface area is 734 Å². The number of benzene rings is 4. The average Bonchev–Trinajstić information content (AvgIpc) is 1.62. The van der Waals surface area contributed by atoms with Crippen LogP contribution in [-0.2, 0) is 87.6 Å². The largest absolute Gasteiger partial charge is 0.494 e. The van der Waals surface area contributed by atoms with E-state index in [1.807, 2.05) is 30.7 Å². The number of rotatable bonds is 25. The molecule has 7 aromatic heterocycles. The quantitative estimate of drug-likeness (QED) is 0.0114. The normalized spacial score (nSPS) is 15.5. The lowest BCUT2D eigenvalue weighted by Gasteiger charge is -2.32. The molecule has 4 aromatic carbocycles. The molecule has 2 fully saturated rings. The van der Waals surface area contributed by atoms with Gasteiger partial charge in [0.2, 0.25) is 0 Å². The number of aromatic nitrogens is 7. The third kappa shape index (κ3) is 26.9. The molecule has 2 saturated heterocycles. The molecule has 0 amide bonds. The van der Waals surface area contributed by atoms with Crippen LogP contribution in [0.2, 0.25) is 0 Å². The van der Waals surface area contributed by atoms with E-state index >= 15 is 0 Å². The topological polar surface area (TPSA) is 281 Å². The molecule has 0 saturated carbocycles. The molecule has 0 bridgehead atoms. The van der Waals surface area contributed by atoms with Crippen molar-refractivity contribution in [1.29, 1.82) is 0 Å². The number of nitrogens with zero attached hydrogens (tertiary/aromatic N) is 3. The molecule has 2 aliphatic rings. The number of aliphatic hydroxyl groups is 1. The molecule has 27 heteroatoms. The molecule has 2 aliphatic heterocycles. The number of nitrogens with one attached hydrogen (secondary N) is 6. The standard InChI is InChI=1S/C22H28N2O2S.C20H30BNO2.C20H23IN2O3S.C14H18BrN.C8H10BrNO2S.C6H12N2O2/c1-6-22(3,4)11-16-12-23-18-8-7-15(10-17(16)18)19-13-27-20(24-19)9-14(2)21(25)26-5;1-8-18(2,3)12-14-13-22-17-10-9-15(11-16(14)17)21-23-19(4,5)20(6,7)24-21;1-11(19(25)26)6-17-22-16(9-27-17)12-4-5-15-13(7-12)14(18(21)23-15)8-20(2,3)10-24;1-4-14(2,3)8-10-9-16-13-6-5-11(15)7-12(10)13;1-5(8(11)12-2)3-7-10-6(9)4-13-7;1-10-6(9)5-3-2-4-7-8-5/h7-8,10,12-14,23H,6,9,11H2,1-5H3;9-11,13,22H,8,12H2,1-7H3;4-5,7,9,11,23-24H,6,8,10H2,1-3H3,(H,25,26);5-7,9,16H,4,8H2,1-3H3;4-5H,3H2,1-2H3;5,7-8H,2-4H2,1H3/t14-;;11-;;2*5-/m0.0.00/s1. The fourth-order valence-corrected chi connectivity index (χ4v) is 17.5. The first-order valence-corrected chi connectivity index (χ1v) is 45.5. The Morgan fingerprint density at radius 1 is 0.581 bits per heavy atom. The highest BCUT2D eigenvalue weighted by Crippen LogP contribution is 2.40. The Hall–Kier alpha value is -6.64. The predicted octanol–water partition coefficient (Wildman–Crippen LogP) is 21.4. The Bertz CT molecular complexity index is 5090. The number of carbonyl (C=O) groups is 4. The molecule has 8 N–H and O–H groups in total. The van der Waals surface area contributed by atoms with E-state index in [0.717, 1.165) is 130 Å². The lowest BCUT2D eigenvalue weighted by Crippen LogP contribution is -2.50. The summed E-state index contributed by atoms with van der Waals surface area (Å²) in [6, 6.07) is 25.4. The van der Waals surface area contributed by atoms with Crippen molar-refractivity contribution < 1.29 is 52.9 Å². The number of hydrazine groups is 1. The van der Waals surface area contributed by atoms with Crippen LogP contribution in [0.15, 0.2) is 117 Å². The van der Waals surface area contributed by atoms with Crippen molar-refractivity contribution in [2.24, 2.45) is 39.4 Å². The predicted molar refractivity (Wildman–Crippen MR) is 496 cm³/mol. The van der Waals surface area contributed by atoms with Gasteiger partial charge in [-0.25, -0.2) is 20.4 Å². The molecule has 0 unspecified atom stereocenters. The molecule has 634 valence electrons. The van der Waals surface area contributed by atoms with Crippen LogP contribution in [0.5, 0.6) is 0 Å². The zero-order valence-corrected chi connectivity index (χ0v) is 79.7. The van der Waals surface area contributed by atoms with Gasteiger partial charge in [-0.1, -0.05) is 156 Å². The van der Waals surface area contributed by atoms with Gasteiger partial charge in [0.05, 0.1) is 80.4 Å². The highest BCUT2D eigenvalue weighted by atomic mass is 127. The number of aliphatic hydroxyl groups excluding tert-OH is 1. The minimum absolute atomic E-state index is 0.122. The van der Waals surface area contributed by atoms with Gasteiger partial charge in [0.15, 0.2) is 0 Å². The van der Waals surface area contributed by atoms with Crippen LogP contribution in [0.4, 0.5) is 0 Å². The number of methoxy groups -OCH3 is 3. The number of halogens is 3. The van der Waals surface area contributed by atoms with E-state index < -0.39 is 11.9 Å². The molecular formula is C90H121BBr2IN9O11S3. The van der Waals surface area contributed by atoms with E-state index in [4.69, 9.17) is 24.1 Å². The van der Waals surface area contributed by atoms with E-state index in [1.54, 1.807) is 29.6 Å². The number of aromatic amines is 4. The summed E-state index contributed by atoms with van der Waals surface area (Å²) >= 11 is 13.7. The van der Waals surface area contributed by atoms with Crippen molar-refractivity contribution in [3.63, 3.8) is 0 Å². The number of fused-ring (bicyclic) bond motifs is 4. The van der Waals surface area contributed by atoms with E-state index in [2.05, 4.69) is 299 Å². The van der Waals surface area contributed by atoms with Gasteiger partial charge in [-0.2, -0.15) is 0 Å².